The van der Waals surface area contributed by atoms with Gasteiger partial charge >= 0.3 is 0 Å². The number of nitrogens with one attached hydrogen (secondary N) is 2. The molecule has 0 saturated heterocycles. The maximum Gasteiger partial charge on any atom is 0.254 e. The number of nitrogens with zero attached hydrogens (tertiary/aromatic N) is 1. The number of benzene rings is 1. The standard InChI is InChI=1S/C18H22BrN3O2/c1-4-16(13-5-7-14(19)8-6-13)22-17(23)10-9-15-11(2)20-12(3)21-18(15)24/h5-8,16H,4,9-10H2,1-3H3,(H,22,23)(H,20,21,24)/t16-/m0/s1. The first-order chi connectivity index (χ1) is 11.4. The van der Waals surface area contributed by atoms with Crippen LogP contribution in [0.15, 0.2) is 33.5 Å². The second-order valence-corrected chi connectivity index (χ2v) is 6.71. The van der Waals surface area contributed by atoms with Crippen LogP contribution in [0.4, 0.5) is 0 Å². The van der Waals surface area contributed by atoms with E-state index in [2.05, 4.69) is 31.2 Å². The number of hydrogen-bond acceptors (Lipinski definition) is 3. The Bertz CT molecular complexity index is 769. The van der Waals surface area contributed by atoms with Crippen LogP contribution in [-0.4, -0.2) is 15.9 Å². The SMILES string of the molecule is CC[C@H](NC(=O)CCc1c(C)nc(C)[nH]c1=O)c1ccc(Br)cc1. The molecule has 0 aliphatic carbocycles. The molecule has 0 aliphatic rings. The fraction of sp³-hybridized carbons (Fsp3) is 0.389. The number of carbonyl (C=O) groups excluding carboxylic acids is 1. The number of aromatic amines is 1. The van der Waals surface area contributed by atoms with Crippen LogP contribution in [0.3, 0.4) is 0 Å². The van der Waals surface area contributed by atoms with Crippen LogP contribution in [0.25, 0.3) is 0 Å². The summed E-state index contributed by atoms with van der Waals surface area (Å²) >= 11 is 3.41. The Hall–Kier alpha value is -1.95. The average Bonchev–Trinajstić information content (AvgIpc) is 2.52. The Labute approximate surface area is 150 Å². The number of hydrogen-bond donors (Lipinski definition) is 2. The quantitative estimate of drug-likeness (QED) is 0.792. The maximum absolute atomic E-state index is 12.3. The lowest BCUT2D eigenvalue weighted by molar-refractivity contribution is -0.121. The summed E-state index contributed by atoms with van der Waals surface area (Å²) in [5.41, 5.74) is 2.17. The molecule has 1 heterocycles. The first-order valence-electron chi connectivity index (χ1n) is 8.02. The molecule has 1 aromatic carbocycles. The highest BCUT2D eigenvalue weighted by Crippen LogP contribution is 2.19. The maximum atomic E-state index is 12.3. The zero-order valence-electron chi connectivity index (χ0n) is 14.1. The van der Waals surface area contributed by atoms with Gasteiger partial charge in [-0.15, -0.1) is 0 Å². The summed E-state index contributed by atoms with van der Waals surface area (Å²) < 4.78 is 1.01. The Morgan fingerprint density at radius 3 is 2.54 bits per heavy atom. The van der Waals surface area contributed by atoms with Gasteiger partial charge in [0.1, 0.15) is 5.82 Å². The molecule has 0 unspecified atom stereocenters. The van der Waals surface area contributed by atoms with Gasteiger partial charge in [-0.25, -0.2) is 4.98 Å². The van der Waals surface area contributed by atoms with Gasteiger partial charge in [-0.2, -0.15) is 0 Å². The highest BCUT2D eigenvalue weighted by atomic mass is 79.9. The Kier molecular flexibility index (Phi) is 6.31. The van der Waals surface area contributed by atoms with Crippen molar-refractivity contribution >= 4 is 21.8 Å². The molecule has 6 heteroatoms. The Morgan fingerprint density at radius 2 is 1.96 bits per heavy atom. The molecule has 5 nitrogen and oxygen atoms in total. The van der Waals surface area contributed by atoms with Crippen molar-refractivity contribution in [3.05, 3.63) is 61.7 Å². The lowest BCUT2D eigenvalue weighted by Gasteiger charge is -2.17. The summed E-state index contributed by atoms with van der Waals surface area (Å²) in [6, 6.07) is 7.89. The highest BCUT2D eigenvalue weighted by molar-refractivity contribution is 9.10. The Balaban J connectivity index is 2.00. The van der Waals surface area contributed by atoms with Crippen molar-refractivity contribution < 1.29 is 4.79 Å². The fourth-order valence-electron chi connectivity index (χ4n) is 2.67. The van der Waals surface area contributed by atoms with Gasteiger partial charge in [0.15, 0.2) is 0 Å². The van der Waals surface area contributed by atoms with Gasteiger partial charge in [-0.1, -0.05) is 35.0 Å². The number of aromatic nitrogens is 2. The molecule has 0 fully saturated rings. The summed E-state index contributed by atoms with van der Waals surface area (Å²) in [7, 11) is 0. The average molecular weight is 392 g/mol. The van der Waals surface area contributed by atoms with Crippen molar-refractivity contribution in [1.82, 2.24) is 15.3 Å². The number of rotatable bonds is 6. The van der Waals surface area contributed by atoms with E-state index in [1.54, 1.807) is 13.8 Å². The smallest absolute Gasteiger partial charge is 0.254 e. The molecule has 128 valence electrons. The normalized spacial score (nSPS) is 12.0. The number of halogens is 1. The topological polar surface area (TPSA) is 74.8 Å². The van der Waals surface area contributed by atoms with Gasteiger partial charge in [-0.05, 0) is 44.4 Å². The summed E-state index contributed by atoms with van der Waals surface area (Å²) in [6.07, 6.45) is 1.46. The molecule has 1 amide bonds. The predicted molar refractivity (Wildman–Crippen MR) is 98.0 cm³/mol. The Morgan fingerprint density at radius 1 is 1.29 bits per heavy atom. The molecule has 0 spiro atoms. The van der Waals surface area contributed by atoms with E-state index < -0.39 is 0 Å². The van der Waals surface area contributed by atoms with Gasteiger partial charge in [0.2, 0.25) is 5.91 Å². The van der Waals surface area contributed by atoms with Crippen molar-refractivity contribution in [2.75, 3.05) is 0 Å². The van der Waals surface area contributed by atoms with Gasteiger partial charge in [0.05, 0.1) is 6.04 Å². The van der Waals surface area contributed by atoms with Crippen LogP contribution in [0.2, 0.25) is 0 Å². The minimum atomic E-state index is -0.159. The summed E-state index contributed by atoms with van der Waals surface area (Å²) in [5, 5.41) is 3.04. The number of H-pyrrole nitrogens is 1. The van der Waals surface area contributed by atoms with Crippen molar-refractivity contribution in [1.29, 1.82) is 0 Å². The van der Waals surface area contributed by atoms with E-state index in [4.69, 9.17) is 0 Å². The largest absolute Gasteiger partial charge is 0.349 e. The molecule has 2 N–H and O–H groups in total. The second-order valence-electron chi connectivity index (χ2n) is 5.80. The van der Waals surface area contributed by atoms with Crippen LogP contribution in [0.5, 0.6) is 0 Å². The van der Waals surface area contributed by atoms with Crippen LogP contribution in [0.1, 0.15) is 48.5 Å². The minimum Gasteiger partial charge on any atom is -0.349 e. The van der Waals surface area contributed by atoms with Gasteiger partial charge in [-0.3, -0.25) is 9.59 Å². The predicted octanol–water partition coefficient (Wildman–Crippen LogP) is 3.35. The van der Waals surface area contributed by atoms with Crippen molar-refractivity contribution in [3.63, 3.8) is 0 Å². The summed E-state index contributed by atoms with van der Waals surface area (Å²) in [5.74, 6) is 0.524. The second kappa shape index (κ2) is 8.24. The van der Waals surface area contributed by atoms with Gasteiger partial charge in [0.25, 0.3) is 5.56 Å². The lowest BCUT2D eigenvalue weighted by atomic mass is 10.0. The van der Waals surface area contributed by atoms with E-state index in [1.807, 2.05) is 31.2 Å². The van der Waals surface area contributed by atoms with Gasteiger partial charge in [0, 0.05) is 22.2 Å². The molecule has 0 saturated carbocycles. The molecular formula is C18H22BrN3O2. The van der Waals surface area contributed by atoms with Crippen molar-refractivity contribution in [2.24, 2.45) is 0 Å². The van der Waals surface area contributed by atoms with Crippen molar-refractivity contribution in [3.8, 4) is 0 Å². The third-order valence-corrected chi connectivity index (χ3v) is 4.49. The van der Waals surface area contributed by atoms with Crippen LogP contribution in [0, 0.1) is 13.8 Å². The third-order valence-electron chi connectivity index (χ3n) is 3.96. The van der Waals surface area contributed by atoms with E-state index in [0.29, 0.717) is 23.5 Å². The molecule has 0 bridgehead atoms. The van der Waals surface area contributed by atoms with E-state index >= 15 is 0 Å². The number of aryl methyl sites for hydroxylation is 2. The third kappa shape index (κ3) is 4.77. The molecular weight excluding hydrogens is 370 g/mol. The first-order valence-corrected chi connectivity index (χ1v) is 8.81. The highest BCUT2D eigenvalue weighted by Gasteiger charge is 2.14. The summed E-state index contributed by atoms with van der Waals surface area (Å²) in [4.78, 5) is 31.2. The van der Waals surface area contributed by atoms with Crippen LogP contribution in [-0.2, 0) is 11.2 Å². The molecule has 0 radical (unpaired) electrons. The monoisotopic (exact) mass is 391 g/mol. The van der Waals surface area contributed by atoms with Crippen LogP contribution >= 0.6 is 15.9 Å². The minimum absolute atomic E-state index is 0.0267. The fourth-order valence-corrected chi connectivity index (χ4v) is 2.93. The molecule has 2 aromatic rings. The molecule has 2 rings (SSSR count). The van der Waals surface area contributed by atoms with E-state index in [1.165, 1.54) is 0 Å². The molecule has 1 aromatic heterocycles. The first kappa shape index (κ1) is 18.4. The molecule has 24 heavy (non-hydrogen) atoms. The zero-order valence-corrected chi connectivity index (χ0v) is 15.7. The van der Waals surface area contributed by atoms with Crippen molar-refractivity contribution in [2.45, 2.75) is 46.1 Å². The summed E-state index contributed by atoms with van der Waals surface area (Å²) in [6.45, 7) is 5.58. The molecule has 1 atom stereocenters. The lowest BCUT2D eigenvalue weighted by Crippen LogP contribution is -2.29. The van der Waals surface area contributed by atoms with Gasteiger partial charge < -0.3 is 10.3 Å². The van der Waals surface area contributed by atoms with E-state index in [-0.39, 0.29) is 23.9 Å². The molecule has 0 aliphatic heterocycles. The number of amides is 1. The number of carbonyl (C=O) groups is 1. The van der Waals surface area contributed by atoms with E-state index in [0.717, 1.165) is 16.5 Å². The van der Waals surface area contributed by atoms with E-state index in [9.17, 15) is 9.59 Å². The zero-order chi connectivity index (χ0) is 17.7. The van der Waals surface area contributed by atoms with Crippen LogP contribution < -0.4 is 10.9 Å².